The summed E-state index contributed by atoms with van der Waals surface area (Å²) in [6, 6.07) is 3.32. The lowest BCUT2D eigenvalue weighted by Crippen LogP contribution is -2.05. The molecule has 1 aromatic carbocycles. The molecule has 0 aromatic heterocycles. The van der Waals surface area contributed by atoms with E-state index in [-0.39, 0.29) is 19.0 Å². The molecule has 21 heavy (non-hydrogen) atoms. The first-order valence-corrected chi connectivity index (χ1v) is 8.49. The van der Waals surface area contributed by atoms with Crippen molar-refractivity contribution in [2.45, 2.75) is 13.8 Å². The molecule has 0 amide bonds. The zero-order valence-electron chi connectivity index (χ0n) is 11.3. The Bertz CT molecular complexity index is 582. The van der Waals surface area contributed by atoms with Crippen molar-refractivity contribution < 1.29 is 28.4 Å². The van der Waals surface area contributed by atoms with Crippen molar-refractivity contribution in [1.82, 2.24) is 0 Å². The van der Waals surface area contributed by atoms with Crippen molar-refractivity contribution in [3.8, 4) is 5.75 Å². The van der Waals surface area contributed by atoms with Gasteiger partial charge in [-0.15, -0.1) is 0 Å². The van der Waals surface area contributed by atoms with Gasteiger partial charge in [-0.1, -0.05) is 0 Å². The Balaban J connectivity index is 3.14. The van der Waals surface area contributed by atoms with E-state index in [0.29, 0.717) is 0 Å². The molecule has 0 saturated carbocycles. The monoisotopic (exact) mass is 335 g/mol. The molecular formula is C11H14NO7PS. The molecule has 0 aliphatic heterocycles. The molecule has 0 heterocycles. The highest BCUT2D eigenvalue weighted by Crippen LogP contribution is 2.50. The highest BCUT2D eigenvalue weighted by Gasteiger charge is 2.25. The smallest absolute Gasteiger partial charge is 0.380 e. The van der Waals surface area contributed by atoms with Gasteiger partial charge in [-0.2, -0.15) is 0 Å². The van der Waals surface area contributed by atoms with Crippen molar-refractivity contribution in [2.75, 3.05) is 13.2 Å². The van der Waals surface area contributed by atoms with Gasteiger partial charge in [-0.05, 0) is 19.9 Å². The summed E-state index contributed by atoms with van der Waals surface area (Å²) in [5, 5.41) is 19.8. The number of nitrogens with zero attached hydrogens (tertiary/aromatic N) is 1. The third-order valence-electron chi connectivity index (χ3n) is 2.19. The topological polar surface area (TPSA) is 108 Å². The van der Waals surface area contributed by atoms with Crippen molar-refractivity contribution in [2.24, 2.45) is 0 Å². The highest BCUT2D eigenvalue weighted by atomic mass is 32.5. The first kappa shape index (κ1) is 17.5. The second kappa shape index (κ2) is 7.46. The van der Waals surface area contributed by atoms with E-state index < -0.39 is 28.9 Å². The van der Waals surface area contributed by atoms with Crippen LogP contribution in [0.1, 0.15) is 24.2 Å². The normalized spacial score (nSPS) is 11.1. The number of carbonyl (C=O) groups is 1. The summed E-state index contributed by atoms with van der Waals surface area (Å²) in [6.07, 6.45) is 0. The van der Waals surface area contributed by atoms with E-state index in [1.807, 2.05) is 0 Å². The molecule has 1 rings (SSSR count). The molecule has 10 heteroatoms. The van der Waals surface area contributed by atoms with E-state index in [4.69, 9.17) is 30.5 Å². The molecule has 0 atom stereocenters. The molecule has 0 spiro atoms. The predicted molar refractivity (Wildman–Crippen MR) is 78.2 cm³/mol. The van der Waals surface area contributed by atoms with Crippen LogP contribution in [-0.2, 0) is 20.9 Å². The summed E-state index contributed by atoms with van der Waals surface area (Å²) in [7, 11) is 0. The Kier molecular flexibility index (Phi) is 6.22. The number of nitro groups is 1. The molecule has 8 nitrogen and oxygen atoms in total. The molecule has 0 bridgehead atoms. The van der Waals surface area contributed by atoms with Crippen molar-refractivity contribution in [3.63, 3.8) is 0 Å². The summed E-state index contributed by atoms with van der Waals surface area (Å²) >= 11 is 5.14. The standard InChI is InChI=1S/C11H14NO7PS/c1-3-17-20(21,18-4-2)19-8-5-6-10(12(15)16)9(7-8)11(13)14/h5-7H,3-4H2,1-2H3,(H,13,14). The van der Waals surface area contributed by atoms with Crippen LogP contribution in [0.2, 0.25) is 0 Å². The van der Waals surface area contributed by atoms with Gasteiger partial charge in [0.05, 0.1) is 18.1 Å². The van der Waals surface area contributed by atoms with Gasteiger partial charge < -0.3 is 9.63 Å². The van der Waals surface area contributed by atoms with Crippen LogP contribution < -0.4 is 4.52 Å². The van der Waals surface area contributed by atoms with Gasteiger partial charge in [0.2, 0.25) is 0 Å². The molecule has 0 fully saturated rings. The largest absolute Gasteiger partial charge is 0.477 e. The molecule has 1 N–H and O–H groups in total. The van der Waals surface area contributed by atoms with E-state index in [2.05, 4.69) is 0 Å². The Morgan fingerprint density at radius 1 is 1.38 bits per heavy atom. The quantitative estimate of drug-likeness (QED) is 0.439. The average molecular weight is 335 g/mol. The van der Waals surface area contributed by atoms with Crippen LogP contribution in [0.3, 0.4) is 0 Å². The first-order valence-electron chi connectivity index (χ1n) is 5.93. The van der Waals surface area contributed by atoms with Gasteiger partial charge in [0, 0.05) is 23.9 Å². The van der Waals surface area contributed by atoms with Crippen LogP contribution in [0.5, 0.6) is 5.75 Å². The molecule has 0 aliphatic carbocycles. The maximum absolute atomic E-state index is 11.1. The van der Waals surface area contributed by atoms with E-state index >= 15 is 0 Å². The van der Waals surface area contributed by atoms with Crippen LogP contribution >= 0.6 is 6.72 Å². The van der Waals surface area contributed by atoms with Crippen LogP contribution in [0.4, 0.5) is 5.69 Å². The summed E-state index contributed by atoms with van der Waals surface area (Å²) in [5.41, 5.74) is -1.02. The Hall–Kier alpha value is -1.54. The van der Waals surface area contributed by atoms with E-state index in [9.17, 15) is 14.9 Å². The number of aromatic carboxylic acids is 1. The molecular weight excluding hydrogens is 321 g/mol. The zero-order chi connectivity index (χ0) is 16.0. The lowest BCUT2D eigenvalue weighted by Gasteiger charge is -2.21. The van der Waals surface area contributed by atoms with E-state index in [1.165, 1.54) is 6.07 Å². The van der Waals surface area contributed by atoms with Crippen LogP contribution in [0, 0.1) is 10.1 Å². The maximum atomic E-state index is 11.1. The average Bonchev–Trinajstić information content (AvgIpc) is 2.38. The Labute approximate surface area is 126 Å². The summed E-state index contributed by atoms with van der Waals surface area (Å²) in [6.45, 7) is 0.881. The Morgan fingerprint density at radius 2 is 1.95 bits per heavy atom. The van der Waals surface area contributed by atoms with Crippen molar-refractivity contribution >= 4 is 30.2 Å². The Morgan fingerprint density at radius 3 is 2.38 bits per heavy atom. The number of hydrogen-bond acceptors (Lipinski definition) is 7. The van der Waals surface area contributed by atoms with Crippen LogP contribution in [0.25, 0.3) is 0 Å². The van der Waals surface area contributed by atoms with Gasteiger partial charge in [0.25, 0.3) is 5.69 Å². The van der Waals surface area contributed by atoms with E-state index in [0.717, 1.165) is 12.1 Å². The summed E-state index contributed by atoms with van der Waals surface area (Å²) in [4.78, 5) is 21.0. The predicted octanol–water partition coefficient (Wildman–Crippen LogP) is 2.97. The minimum absolute atomic E-state index is 0.0447. The van der Waals surface area contributed by atoms with Crippen molar-refractivity contribution in [3.05, 3.63) is 33.9 Å². The molecule has 0 unspecified atom stereocenters. The van der Waals surface area contributed by atoms with Gasteiger partial charge in [-0.25, -0.2) is 4.79 Å². The van der Waals surface area contributed by atoms with Crippen LogP contribution in [0.15, 0.2) is 18.2 Å². The lowest BCUT2D eigenvalue weighted by molar-refractivity contribution is -0.385. The molecule has 0 aliphatic rings. The second-order valence-corrected chi connectivity index (χ2v) is 6.55. The third-order valence-corrected chi connectivity index (χ3v) is 4.63. The number of carboxylic acid groups (broad SMARTS) is 1. The number of rotatable bonds is 8. The summed E-state index contributed by atoms with van der Waals surface area (Å²) in [5.74, 6) is -1.39. The SMILES string of the molecule is CCOP(=S)(OCC)Oc1ccc([N+](=O)[O-])c(C(=O)O)c1. The first-order chi connectivity index (χ1) is 9.83. The van der Waals surface area contributed by atoms with Crippen molar-refractivity contribution in [1.29, 1.82) is 0 Å². The third kappa shape index (κ3) is 4.75. The minimum atomic E-state index is -3.06. The zero-order valence-corrected chi connectivity index (χ0v) is 13.1. The fourth-order valence-corrected chi connectivity index (χ4v) is 3.51. The number of carboxylic acids is 1. The van der Waals surface area contributed by atoms with Crippen LogP contribution in [-0.4, -0.2) is 29.2 Å². The van der Waals surface area contributed by atoms with E-state index in [1.54, 1.807) is 13.8 Å². The highest BCUT2D eigenvalue weighted by molar-refractivity contribution is 8.07. The maximum Gasteiger partial charge on any atom is 0.380 e. The van der Waals surface area contributed by atoms with Gasteiger partial charge in [-0.3, -0.25) is 19.2 Å². The molecule has 0 saturated heterocycles. The summed E-state index contributed by atoms with van der Waals surface area (Å²) < 4.78 is 15.9. The fourth-order valence-electron chi connectivity index (χ4n) is 1.44. The minimum Gasteiger partial charge on any atom is -0.477 e. The van der Waals surface area contributed by atoms with Gasteiger partial charge >= 0.3 is 12.7 Å². The number of benzene rings is 1. The van der Waals surface area contributed by atoms with Gasteiger partial charge in [0.1, 0.15) is 11.3 Å². The molecule has 116 valence electrons. The molecule has 0 radical (unpaired) electrons. The molecule has 1 aromatic rings. The fraction of sp³-hybridized carbons (Fsp3) is 0.364. The number of nitro benzene ring substituents is 1. The van der Waals surface area contributed by atoms with Gasteiger partial charge in [0.15, 0.2) is 0 Å². The second-order valence-electron chi connectivity index (χ2n) is 3.62. The lowest BCUT2D eigenvalue weighted by atomic mass is 10.2. The number of hydrogen-bond donors (Lipinski definition) is 1.